The first-order chi connectivity index (χ1) is 10.3. The van der Waals surface area contributed by atoms with E-state index in [1.165, 1.54) is 0 Å². The summed E-state index contributed by atoms with van der Waals surface area (Å²) in [5.74, 6) is 0. The minimum absolute atomic E-state index is 0.505. The van der Waals surface area contributed by atoms with Crippen LogP contribution in [-0.4, -0.2) is 41.6 Å². The lowest BCUT2D eigenvalue weighted by atomic mass is 10.3. The summed E-state index contributed by atoms with van der Waals surface area (Å²) >= 11 is 0. The molecule has 0 amide bonds. The monoisotopic (exact) mass is 282 g/mol. The van der Waals surface area contributed by atoms with Crippen molar-refractivity contribution in [3.05, 3.63) is 48.5 Å². The Kier molecular flexibility index (Phi) is 3.26. The summed E-state index contributed by atoms with van der Waals surface area (Å²) in [5, 5.41) is 26.1. The number of hydrogen-bond donors (Lipinski definition) is 2. The van der Waals surface area contributed by atoms with Gasteiger partial charge < -0.3 is 5.11 Å². The van der Waals surface area contributed by atoms with Gasteiger partial charge in [0, 0.05) is 0 Å². The molecule has 4 rings (SSSR count). The number of nitrogens with zero attached hydrogens (tertiary/aromatic N) is 5. The van der Waals surface area contributed by atoms with E-state index in [-0.39, 0.29) is 0 Å². The van der Waals surface area contributed by atoms with Gasteiger partial charge in [0.05, 0.1) is 0 Å². The number of aromatic amines is 1. The van der Waals surface area contributed by atoms with Gasteiger partial charge in [-0.15, -0.1) is 9.78 Å². The summed E-state index contributed by atoms with van der Waals surface area (Å²) < 4.78 is 0.843. The predicted molar refractivity (Wildman–Crippen MR) is 74.8 cm³/mol. The summed E-state index contributed by atoms with van der Waals surface area (Å²) in [5.41, 5.74) is 2.92. The molecule has 0 spiro atoms. The molecule has 0 aliphatic carbocycles. The Morgan fingerprint density at radius 3 is 2.14 bits per heavy atom. The minimum atomic E-state index is -1.12. The van der Waals surface area contributed by atoms with Gasteiger partial charge >= 0.3 is 6.09 Å². The van der Waals surface area contributed by atoms with Crippen molar-refractivity contribution in [1.29, 1.82) is 0 Å². The molecule has 0 fully saturated rings. The lowest BCUT2D eigenvalue weighted by Gasteiger charge is -1.90. The van der Waals surface area contributed by atoms with Gasteiger partial charge in [0.1, 0.15) is 22.1 Å². The molecule has 0 unspecified atom stereocenters. The maximum atomic E-state index is 10.5. The van der Waals surface area contributed by atoms with Gasteiger partial charge in [-0.3, -0.25) is 0 Å². The van der Waals surface area contributed by atoms with Crippen LogP contribution in [0.4, 0.5) is 4.79 Å². The standard InChI is InChI=1S/C7H5N3O2.C6H5N3/c11-7(12)10-6-4-2-1-3-5(6)8-9-10;1-2-4-6-5(3-1)7-9-8-6/h1-4H,(H,11,12);1-4H,(H,7,8,9). The van der Waals surface area contributed by atoms with Crippen LogP contribution in [0.1, 0.15) is 0 Å². The topological polar surface area (TPSA) is 110 Å². The largest absolute Gasteiger partial charge is 0.463 e. The van der Waals surface area contributed by atoms with E-state index in [0.29, 0.717) is 11.0 Å². The summed E-state index contributed by atoms with van der Waals surface area (Å²) in [6, 6.07) is 14.6. The third-order valence-electron chi connectivity index (χ3n) is 2.76. The maximum absolute atomic E-state index is 10.5. The van der Waals surface area contributed by atoms with Crippen molar-refractivity contribution in [2.45, 2.75) is 0 Å². The molecule has 0 saturated heterocycles. The maximum Gasteiger partial charge on any atom is 0.434 e. The van der Waals surface area contributed by atoms with Crippen LogP contribution in [0.5, 0.6) is 0 Å². The number of nitrogens with one attached hydrogen (secondary N) is 1. The average Bonchev–Trinajstić information content (AvgIpc) is 3.14. The molecule has 21 heavy (non-hydrogen) atoms. The molecule has 2 heterocycles. The van der Waals surface area contributed by atoms with Crippen LogP contribution in [0.15, 0.2) is 48.5 Å². The first-order valence-corrected chi connectivity index (χ1v) is 6.05. The summed E-state index contributed by atoms with van der Waals surface area (Å²) in [6.07, 6.45) is -1.12. The van der Waals surface area contributed by atoms with Crippen molar-refractivity contribution in [2.24, 2.45) is 0 Å². The van der Waals surface area contributed by atoms with E-state index in [1.807, 2.05) is 24.3 Å². The van der Waals surface area contributed by atoms with Gasteiger partial charge in [0.15, 0.2) is 0 Å². The highest BCUT2D eigenvalue weighted by Gasteiger charge is 2.07. The zero-order valence-electron chi connectivity index (χ0n) is 10.7. The number of hydrogen-bond acceptors (Lipinski definition) is 5. The van der Waals surface area contributed by atoms with Crippen molar-refractivity contribution in [2.75, 3.05) is 0 Å². The van der Waals surface area contributed by atoms with E-state index >= 15 is 0 Å². The number of para-hydroxylation sites is 3. The van der Waals surface area contributed by atoms with Crippen LogP contribution in [0, 0.1) is 0 Å². The Labute approximate surface area is 118 Å². The fourth-order valence-corrected chi connectivity index (χ4v) is 1.80. The highest BCUT2D eigenvalue weighted by Crippen LogP contribution is 2.08. The van der Waals surface area contributed by atoms with Gasteiger partial charge in [0.2, 0.25) is 0 Å². The summed E-state index contributed by atoms with van der Waals surface area (Å²) in [6.45, 7) is 0. The van der Waals surface area contributed by atoms with Crippen LogP contribution in [0.2, 0.25) is 0 Å². The van der Waals surface area contributed by atoms with E-state index in [9.17, 15) is 4.79 Å². The highest BCUT2D eigenvalue weighted by atomic mass is 16.4. The Bertz CT molecular complexity index is 867. The van der Waals surface area contributed by atoms with Gasteiger partial charge in [0.25, 0.3) is 0 Å². The van der Waals surface area contributed by atoms with Crippen molar-refractivity contribution in [3.63, 3.8) is 0 Å². The molecule has 0 radical (unpaired) electrons. The van der Waals surface area contributed by atoms with Gasteiger partial charge in [-0.05, 0) is 24.3 Å². The second kappa shape index (κ2) is 5.37. The highest BCUT2D eigenvalue weighted by molar-refractivity contribution is 5.83. The van der Waals surface area contributed by atoms with E-state index in [0.717, 1.165) is 15.7 Å². The van der Waals surface area contributed by atoms with Crippen LogP contribution < -0.4 is 0 Å². The molecule has 4 aromatic rings. The zero-order chi connectivity index (χ0) is 14.7. The fourth-order valence-electron chi connectivity index (χ4n) is 1.80. The van der Waals surface area contributed by atoms with E-state index in [4.69, 9.17) is 5.11 Å². The van der Waals surface area contributed by atoms with Crippen molar-refractivity contribution in [1.82, 2.24) is 30.4 Å². The molecule has 2 aromatic carbocycles. The predicted octanol–water partition coefficient (Wildman–Crippen LogP) is 1.92. The Morgan fingerprint density at radius 2 is 1.52 bits per heavy atom. The van der Waals surface area contributed by atoms with Crippen LogP contribution in [-0.2, 0) is 0 Å². The first kappa shape index (κ1) is 12.7. The summed E-state index contributed by atoms with van der Waals surface area (Å²) in [7, 11) is 0. The third kappa shape index (κ3) is 2.54. The Hall–Kier alpha value is -3.29. The van der Waals surface area contributed by atoms with Crippen molar-refractivity contribution in [3.8, 4) is 0 Å². The van der Waals surface area contributed by atoms with Crippen LogP contribution in [0.3, 0.4) is 0 Å². The SMILES string of the molecule is O=C(O)n1nnc2ccccc21.c1ccc2n[nH]nc2c1. The number of carbonyl (C=O) groups is 1. The molecule has 8 heteroatoms. The van der Waals surface area contributed by atoms with E-state index < -0.39 is 6.09 Å². The molecular formula is C13H10N6O2. The second-order valence-electron chi connectivity index (χ2n) is 4.08. The van der Waals surface area contributed by atoms with Gasteiger partial charge in [-0.25, -0.2) is 4.79 Å². The molecule has 0 aliphatic rings. The molecule has 8 nitrogen and oxygen atoms in total. The van der Waals surface area contributed by atoms with Gasteiger partial charge in [-0.2, -0.15) is 15.4 Å². The second-order valence-corrected chi connectivity index (χ2v) is 4.08. The molecule has 0 atom stereocenters. The molecular weight excluding hydrogens is 272 g/mol. The lowest BCUT2D eigenvalue weighted by molar-refractivity contribution is 0.193. The number of H-pyrrole nitrogens is 1. The molecule has 2 aromatic heterocycles. The van der Waals surface area contributed by atoms with Crippen LogP contribution in [0.25, 0.3) is 22.1 Å². The van der Waals surface area contributed by atoms with E-state index in [2.05, 4.69) is 25.7 Å². The van der Waals surface area contributed by atoms with Gasteiger partial charge in [-0.1, -0.05) is 29.5 Å². The molecule has 104 valence electrons. The number of fused-ring (bicyclic) bond motifs is 2. The first-order valence-electron chi connectivity index (χ1n) is 6.05. The number of aromatic nitrogens is 6. The molecule has 0 saturated carbocycles. The normalized spacial score (nSPS) is 10.3. The van der Waals surface area contributed by atoms with E-state index in [1.54, 1.807) is 24.3 Å². The third-order valence-corrected chi connectivity index (χ3v) is 2.76. The van der Waals surface area contributed by atoms with Crippen LogP contribution >= 0.6 is 0 Å². The summed E-state index contributed by atoms with van der Waals surface area (Å²) in [4.78, 5) is 10.5. The lowest BCUT2D eigenvalue weighted by Crippen LogP contribution is -2.09. The smallest absolute Gasteiger partial charge is 0.434 e. The number of carboxylic acid groups (broad SMARTS) is 1. The quantitative estimate of drug-likeness (QED) is 0.510. The fraction of sp³-hybridized carbons (Fsp3) is 0. The molecule has 2 N–H and O–H groups in total. The molecule has 0 bridgehead atoms. The Balaban J connectivity index is 0.000000131. The number of benzene rings is 2. The minimum Gasteiger partial charge on any atom is -0.463 e. The average molecular weight is 282 g/mol. The number of rotatable bonds is 0. The zero-order valence-corrected chi connectivity index (χ0v) is 10.7. The Morgan fingerprint density at radius 1 is 0.952 bits per heavy atom. The van der Waals surface area contributed by atoms with Crippen molar-refractivity contribution >= 4 is 28.2 Å². The van der Waals surface area contributed by atoms with Crippen molar-refractivity contribution < 1.29 is 9.90 Å². The molecule has 0 aliphatic heterocycles.